The molecule has 0 bridgehead atoms. The van der Waals surface area contributed by atoms with Crippen LogP contribution in [-0.4, -0.2) is 12.0 Å². The van der Waals surface area contributed by atoms with Crippen LogP contribution in [0.1, 0.15) is 22.9 Å². The fraction of sp³-hybridized carbons (Fsp3) is 0.267. The third-order valence-corrected chi connectivity index (χ3v) is 3.31. The van der Waals surface area contributed by atoms with E-state index in [1.807, 2.05) is 32.3 Å². The van der Waals surface area contributed by atoms with Crippen LogP contribution in [0.3, 0.4) is 0 Å². The molecule has 1 unspecified atom stereocenters. The molecule has 0 fully saturated rings. The van der Waals surface area contributed by atoms with Crippen molar-refractivity contribution in [2.45, 2.75) is 19.4 Å². The molecule has 0 aliphatic heterocycles. The topological polar surface area (TPSA) is 24.9 Å². The number of nitrogens with one attached hydrogen (secondary N) is 1. The number of hydrogen-bond donors (Lipinski definition) is 1. The Morgan fingerprint density at radius 2 is 2.11 bits per heavy atom. The van der Waals surface area contributed by atoms with Gasteiger partial charge in [0.2, 0.25) is 0 Å². The summed E-state index contributed by atoms with van der Waals surface area (Å²) in [6.45, 7) is 1.99. The molecular formula is C15H16ClFN2. The molecule has 0 aliphatic carbocycles. The summed E-state index contributed by atoms with van der Waals surface area (Å²) in [6, 6.07) is 8.61. The van der Waals surface area contributed by atoms with E-state index in [9.17, 15) is 4.39 Å². The normalized spacial score (nSPS) is 12.4. The number of aromatic nitrogens is 1. The number of hydrogen-bond acceptors (Lipinski definition) is 2. The maximum absolute atomic E-state index is 13.9. The summed E-state index contributed by atoms with van der Waals surface area (Å²) in [6.07, 6.45) is 2.45. The van der Waals surface area contributed by atoms with Gasteiger partial charge in [-0.3, -0.25) is 4.98 Å². The van der Waals surface area contributed by atoms with Crippen molar-refractivity contribution in [2.24, 2.45) is 0 Å². The summed E-state index contributed by atoms with van der Waals surface area (Å²) in [7, 11) is 1.81. The molecule has 2 rings (SSSR count). The number of likely N-dealkylation sites (N-methyl/N-ethyl adjacent to an activating group) is 1. The molecule has 100 valence electrons. The predicted octanol–water partition coefficient (Wildman–Crippen LogP) is 3.69. The molecule has 2 nitrogen and oxygen atoms in total. The van der Waals surface area contributed by atoms with Gasteiger partial charge in [0.15, 0.2) is 0 Å². The van der Waals surface area contributed by atoms with Crippen LogP contribution < -0.4 is 5.32 Å². The highest BCUT2D eigenvalue weighted by atomic mass is 35.5. The standard InChI is InChI=1S/C15H16ClFN2/c1-10-3-5-12(19-9-10)8-15(18-2)13-6-4-11(16)7-14(13)17/h3-7,9,15,18H,8H2,1-2H3. The van der Waals surface area contributed by atoms with Gasteiger partial charge in [-0.15, -0.1) is 0 Å². The summed E-state index contributed by atoms with van der Waals surface area (Å²) < 4.78 is 13.9. The number of pyridine rings is 1. The Kier molecular flexibility index (Phi) is 4.51. The Labute approximate surface area is 117 Å². The molecule has 19 heavy (non-hydrogen) atoms. The van der Waals surface area contributed by atoms with Gasteiger partial charge in [0.1, 0.15) is 5.82 Å². The second kappa shape index (κ2) is 6.13. The van der Waals surface area contributed by atoms with Crippen LogP contribution in [0, 0.1) is 12.7 Å². The van der Waals surface area contributed by atoms with E-state index in [1.54, 1.807) is 12.1 Å². The van der Waals surface area contributed by atoms with Crippen molar-refractivity contribution >= 4 is 11.6 Å². The van der Waals surface area contributed by atoms with E-state index in [4.69, 9.17) is 11.6 Å². The maximum atomic E-state index is 13.9. The summed E-state index contributed by atoms with van der Waals surface area (Å²) in [5.41, 5.74) is 2.65. The monoisotopic (exact) mass is 278 g/mol. The average molecular weight is 279 g/mol. The molecule has 4 heteroatoms. The molecule has 1 N–H and O–H groups in total. The minimum absolute atomic E-state index is 0.118. The first-order chi connectivity index (χ1) is 9.10. The molecule has 0 saturated heterocycles. The fourth-order valence-corrected chi connectivity index (χ4v) is 2.14. The number of rotatable bonds is 4. The van der Waals surface area contributed by atoms with Crippen LogP contribution in [0.4, 0.5) is 4.39 Å². The Hall–Kier alpha value is -1.45. The molecule has 1 atom stereocenters. The summed E-state index contributed by atoms with van der Waals surface area (Å²) in [5.74, 6) is -0.293. The van der Waals surface area contributed by atoms with Crippen molar-refractivity contribution in [2.75, 3.05) is 7.05 Å². The molecule has 2 aromatic rings. The van der Waals surface area contributed by atoms with Crippen LogP contribution in [0.5, 0.6) is 0 Å². The first-order valence-electron chi connectivity index (χ1n) is 6.14. The SMILES string of the molecule is CNC(Cc1ccc(C)cn1)c1ccc(Cl)cc1F. The maximum Gasteiger partial charge on any atom is 0.129 e. The van der Waals surface area contributed by atoms with Crippen molar-refractivity contribution in [1.82, 2.24) is 10.3 Å². The number of aryl methyl sites for hydroxylation is 1. The molecule has 0 amide bonds. The molecule has 1 heterocycles. The lowest BCUT2D eigenvalue weighted by Crippen LogP contribution is -2.20. The van der Waals surface area contributed by atoms with Gasteiger partial charge < -0.3 is 5.32 Å². The average Bonchev–Trinajstić information content (AvgIpc) is 2.39. The lowest BCUT2D eigenvalue weighted by atomic mass is 10.0. The quantitative estimate of drug-likeness (QED) is 0.923. The van der Waals surface area contributed by atoms with E-state index in [0.29, 0.717) is 17.0 Å². The van der Waals surface area contributed by atoms with Crippen molar-refractivity contribution in [3.63, 3.8) is 0 Å². The van der Waals surface area contributed by atoms with Crippen molar-refractivity contribution in [3.8, 4) is 0 Å². The van der Waals surface area contributed by atoms with Crippen molar-refractivity contribution in [3.05, 3.63) is 64.2 Å². The Morgan fingerprint density at radius 3 is 2.68 bits per heavy atom. The fourth-order valence-electron chi connectivity index (χ4n) is 1.98. The number of nitrogens with zero attached hydrogens (tertiary/aromatic N) is 1. The second-order valence-corrected chi connectivity index (χ2v) is 4.97. The third kappa shape index (κ3) is 3.52. The van der Waals surface area contributed by atoms with Gasteiger partial charge >= 0.3 is 0 Å². The minimum atomic E-state index is -0.293. The zero-order chi connectivity index (χ0) is 13.8. The third-order valence-electron chi connectivity index (χ3n) is 3.07. The zero-order valence-electron chi connectivity index (χ0n) is 11.0. The summed E-state index contributed by atoms with van der Waals surface area (Å²) in [5, 5.41) is 3.53. The van der Waals surface area contributed by atoms with Gasteiger partial charge in [0.05, 0.1) is 0 Å². The van der Waals surface area contributed by atoms with Crippen molar-refractivity contribution < 1.29 is 4.39 Å². The molecule has 0 radical (unpaired) electrons. The van der Waals surface area contributed by atoms with Crippen LogP contribution in [0.25, 0.3) is 0 Å². The number of benzene rings is 1. The van der Waals surface area contributed by atoms with Crippen LogP contribution in [-0.2, 0) is 6.42 Å². The highest BCUT2D eigenvalue weighted by Gasteiger charge is 2.15. The van der Waals surface area contributed by atoms with Crippen LogP contribution in [0.15, 0.2) is 36.5 Å². The van der Waals surface area contributed by atoms with E-state index >= 15 is 0 Å². The molecule has 0 saturated carbocycles. The first-order valence-corrected chi connectivity index (χ1v) is 6.51. The van der Waals surface area contributed by atoms with Gasteiger partial charge in [-0.05, 0) is 37.7 Å². The van der Waals surface area contributed by atoms with E-state index in [2.05, 4.69) is 10.3 Å². The highest BCUT2D eigenvalue weighted by Crippen LogP contribution is 2.23. The van der Waals surface area contributed by atoms with Crippen LogP contribution in [0.2, 0.25) is 5.02 Å². The molecule has 1 aromatic carbocycles. The molecule has 0 spiro atoms. The Bertz CT molecular complexity index is 555. The summed E-state index contributed by atoms with van der Waals surface area (Å²) in [4.78, 5) is 4.35. The number of halogens is 2. The Balaban J connectivity index is 2.22. The molecule has 1 aromatic heterocycles. The van der Waals surface area contributed by atoms with Gasteiger partial charge in [0.25, 0.3) is 0 Å². The Morgan fingerprint density at radius 1 is 1.32 bits per heavy atom. The second-order valence-electron chi connectivity index (χ2n) is 4.54. The van der Waals surface area contributed by atoms with Gasteiger partial charge in [0, 0.05) is 34.9 Å². The smallest absolute Gasteiger partial charge is 0.129 e. The first kappa shape index (κ1) is 14.0. The minimum Gasteiger partial charge on any atom is -0.313 e. The molecule has 0 aliphatic rings. The highest BCUT2D eigenvalue weighted by molar-refractivity contribution is 6.30. The molecular weight excluding hydrogens is 263 g/mol. The summed E-state index contributed by atoms with van der Waals surface area (Å²) >= 11 is 5.77. The van der Waals surface area contributed by atoms with E-state index in [1.165, 1.54) is 6.07 Å². The van der Waals surface area contributed by atoms with Gasteiger partial charge in [-0.25, -0.2) is 4.39 Å². The van der Waals surface area contributed by atoms with Crippen LogP contribution >= 0.6 is 11.6 Å². The van der Waals surface area contributed by atoms with Gasteiger partial charge in [-0.1, -0.05) is 23.7 Å². The van der Waals surface area contributed by atoms with E-state index in [0.717, 1.165) is 11.3 Å². The predicted molar refractivity (Wildman–Crippen MR) is 75.9 cm³/mol. The van der Waals surface area contributed by atoms with Gasteiger partial charge in [-0.2, -0.15) is 0 Å². The lowest BCUT2D eigenvalue weighted by Gasteiger charge is -2.17. The largest absolute Gasteiger partial charge is 0.313 e. The van der Waals surface area contributed by atoms with Crippen molar-refractivity contribution in [1.29, 1.82) is 0 Å². The van der Waals surface area contributed by atoms with E-state index in [-0.39, 0.29) is 11.9 Å². The lowest BCUT2D eigenvalue weighted by molar-refractivity contribution is 0.530. The van der Waals surface area contributed by atoms with E-state index < -0.39 is 0 Å². The zero-order valence-corrected chi connectivity index (χ0v) is 11.7.